The number of unbranched alkanes of at least 4 members (excludes halogenated alkanes) is 10. The zero-order chi connectivity index (χ0) is 89.6. The van der Waals surface area contributed by atoms with E-state index in [1.807, 2.05) is 32.9 Å². The van der Waals surface area contributed by atoms with E-state index in [0.717, 1.165) is 127 Å². The molecular formula is C90H179N3O21S2. The Morgan fingerprint density at radius 2 is 0.957 bits per heavy atom. The van der Waals surface area contributed by atoms with Gasteiger partial charge in [0.2, 0.25) is 22.2 Å². The van der Waals surface area contributed by atoms with Crippen molar-refractivity contribution in [2.45, 2.75) is 411 Å². The highest BCUT2D eigenvalue weighted by Gasteiger charge is 2.48. The number of Topliss-reactive ketones (excluding diaryl/α,β-unsaturated/α-hetero) is 2. The maximum atomic E-state index is 11.7. The Morgan fingerprint density at radius 3 is 1.40 bits per heavy atom. The smallest absolute Gasteiger partial charge is 0.229 e. The highest BCUT2D eigenvalue weighted by molar-refractivity contribution is 7.95. The SMILES string of the molecule is C=S(=O)(O)CCCCCC(C)(C)C.CC(=O)C1OC(OCCCCCCC(C)C)C(O)C(O)C1O.CC(=O)C1OC(Oc2ccc(CCCCC(C)C)cc2)C(O)C(O)C1O.CCC(CO)(CO)NC(=O)CCNCCC(C)C.CCC(CO)CCCCS(=O)(=O)NCCC(C)C.CCC(O)CCCCCC(C)C.CCCCC(C)C. The molecule has 1 amide bonds. The second-order valence-corrected chi connectivity index (χ2v) is 39.8. The molecule has 2 fully saturated rings. The first-order valence-corrected chi connectivity index (χ1v) is 48.0. The van der Waals surface area contributed by atoms with Gasteiger partial charge in [-0.3, -0.25) is 14.4 Å². The van der Waals surface area contributed by atoms with Crippen LogP contribution in [0.15, 0.2) is 24.3 Å². The molecule has 0 saturated carbocycles. The van der Waals surface area contributed by atoms with Crippen molar-refractivity contribution < 1.29 is 102 Å². The molecule has 0 bridgehead atoms. The second kappa shape index (κ2) is 70.5. The fraction of sp³-hybridized carbons (Fsp3) is 0.889. The van der Waals surface area contributed by atoms with E-state index in [1.54, 1.807) is 12.1 Å². The summed E-state index contributed by atoms with van der Waals surface area (Å²) in [6, 6.07) is 7.45. The molecule has 2 saturated heterocycles. The Hall–Kier alpha value is -2.84. The number of ether oxygens (including phenoxy) is 4. The fourth-order valence-electron chi connectivity index (χ4n) is 11.9. The molecule has 2 aliphatic rings. The zero-order valence-electron chi connectivity index (χ0n) is 76.8. The van der Waals surface area contributed by atoms with Crippen LogP contribution < -0.4 is 20.1 Å². The van der Waals surface area contributed by atoms with Crippen LogP contribution in [-0.4, -0.2) is 222 Å². The number of amides is 1. The molecule has 14 N–H and O–H groups in total. The maximum absolute atomic E-state index is 11.7. The predicted molar refractivity (Wildman–Crippen MR) is 476 cm³/mol. The third-order valence-corrected chi connectivity index (χ3v) is 22.6. The average molecular weight is 1700 g/mol. The number of aryl methyl sites for hydroxylation is 1. The standard InChI is InChI=1S/C20H30O6.C16H30O6.C13H28N2O3.C13H29NO3S.C11H24O.C10H22O2S.C7H16/c1-12(2)6-4-5-7-14-8-10-15(11-9-14)25-20-18(24)16(22)17(23)19(26-20)13(3)21;1-10(2)8-6-4-5-7-9-21-16-14(20)12(18)13(19)15(22-16)11(3)17;1-4-13(9-16,10-17)15-12(18)6-8-14-7-5-11(2)3;1-4-13(11-15)7-5-6-10-18(16,17)14-9-8-12(2)3;1-4-11(12)9-7-5-6-8-10(2)3;1-10(2,3)8-6-5-7-9-13(4,11)12;1-4-5-6-7(2)3/h8-12,16-20,22-24H,4-7H2,1-3H3;10,12-16,18-20H,4-9H2,1-3H3;11,14,16-17H,4-10H2,1-3H3,(H,15,18);12-15H,4-11H2,1-3H3;10-12H,4-9H2,1-3H3;4-9H2,1-3H3,(H,11,12);7H,4-6H2,1-3H3. The first-order valence-electron chi connectivity index (χ1n) is 44.5. The van der Waals surface area contributed by atoms with E-state index in [9.17, 15) is 73.0 Å². The third kappa shape index (κ3) is 67.7. The summed E-state index contributed by atoms with van der Waals surface area (Å²) in [5, 5.41) is 102. The van der Waals surface area contributed by atoms with E-state index < -0.39 is 98.3 Å². The quantitative estimate of drug-likeness (QED) is 0.0213. The molecule has 13 unspecified atom stereocenters. The van der Waals surface area contributed by atoms with Crippen LogP contribution >= 0.6 is 0 Å². The van der Waals surface area contributed by atoms with Crippen LogP contribution in [0.1, 0.15) is 337 Å². The van der Waals surface area contributed by atoms with E-state index in [0.29, 0.717) is 73.6 Å². The summed E-state index contributed by atoms with van der Waals surface area (Å²) in [4.78, 5) is 34.6. The number of carbonyl (C=O) groups excluding carboxylic acids is 3. The molecule has 0 radical (unpaired) electrons. The summed E-state index contributed by atoms with van der Waals surface area (Å²) in [5.41, 5.74) is 0.698. The van der Waals surface area contributed by atoms with Crippen molar-refractivity contribution in [3.8, 4) is 5.75 Å². The Bertz CT molecular complexity index is 2700. The number of sulfonamides is 1. The summed E-state index contributed by atoms with van der Waals surface area (Å²) >= 11 is 0. The van der Waals surface area contributed by atoms with Crippen LogP contribution in [0.5, 0.6) is 5.75 Å². The molecule has 116 heavy (non-hydrogen) atoms. The van der Waals surface area contributed by atoms with Crippen LogP contribution in [0.25, 0.3) is 0 Å². The summed E-state index contributed by atoms with van der Waals surface area (Å²) < 4.78 is 67.2. The Balaban J connectivity index is -0.000000649. The van der Waals surface area contributed by atoms with Crippen molar-refractivity contribution in [3.63, 3.8) is 0 Å². The number of aliphatic hydroxyl groups is 10. The fourth-order valence-corrected chi connectivity index (χ4v) is 13.7. The van der Waals surface area contributed by atoms with Gasteiger partial charge >= 0.3 is 0 Å². The highest BCUT2D eigenvalue weighted by atomic mass is 32.2. The molecular weight excluding hydrogens is 1520 g/mol. The minimum Gasteiger partial charge on any atom is -0.462 e. The lowest BCUT2D eigenvalue weighted by Gasteiger charge is -2.39. The van der Waals surface area contributed by atoms with Crippen LogP contribution in [0.3, 0.4) is 0 Å². The molecule has 24 nitrogen and oxygen atoms in total. The van der Waals surface area contributed by atoms with Gasteiger partial charge in [-0.1, -0.05) is 253 Å². The van der Waals surface area contributed by atoms with Crippen molar-refractivity contribution in [2.24, 2.45) is 46.8 Å². The number of hydrogen-bond acceptors (Lipinski definition) is 21. The van der Waals surface area contributed by atoms with Gasteiger partial charge in [0.05, 0.1) is 40.4 Å². The molecule has 3 rings (SSSR count). The molecule has 1 aromatic rings. The summed E-state index contributed by atoms with van der Waals surface area (Å²) in [6.07, 6.45) is 18.1. The molecule has 1 aromatic carbocycles. The number of benzene rings is 1. The summed E-state index contributed by atoms with van der Waals surface area (Å²) in [7, 11) is -5.84. The Kier molecular flexibility index (Phi) is 72.7. The van der Waals surface area contributed by atoms with Crippen LogP contribution in [0.4, 0.5) is 0 Å². The molecule has 692 valence electrons. The van der Waals surface area contributed by atoms with Crippen molar-refractivity contribution >= 4 is 43.2 Å². The number of rotatable bonds is 53. The number of ketones is 2. The molecule has 0 aromatic heterocycles. The van der Waals surface area contributed by atoms with Gasteiger partial charge in [0.1, 0.15) is 54.6 Å². The van der Waals surface area contributed by atoms with E-state index in [-0.39, 0.29) is 37.6 Å². The first-order chi connectivity index (χ1) is 54.2. The van der Waals surface area contributed by atoms with Crippen LogP contribution in [-0.2, 0) is 54.8 Å². The lowest BCUT2D eigenvalue weighted by molar-refractivity contribution is -0.290. The Labute approximate surface area is 707 Å². The first kappa shape index (κ1) is 119. The average Bonchev–Trinajstić information content (AvgIpc) is 0.814. The Morgan fingerprint density at radius 1 is 0.517 bits per heavy atom. The lowest BCUT2D eigenvalue weighted by atomic mass is 9.90. The lowest BCUT2D eigenvalue weighted by Crippen LogP contribution is -2.60. The highest BCUT2D eigenvalue weighted by Crippen LogP contribution is 2.28. The van der Waals surface area contributed by atoms with Crippen molar-refractivity contribution in [1.82, 2.24) is 15.4 Å². The van der Waals surface area contributed by atoms with E-state index in [4.69, 9.17) is 28.6 Å². The van der Waals surface area contributed by atoms with E-state index >= 15 is 0 Å². The number of aliphatic hydroxyl groups excluding tert-OH is 10. The van der Waals surface area contributed by atoms with Crippen molar-refractivity contribution in [1.29, 1.82) is 0 Å². The van der Waals surface area contributed by atoms with E-state index in [1.165, 1.54) is 96.5 Å². The van der Waals surface area contributed by atoms with Gasteiger partial charge in [-0.05, 0) is 168 Å². The van der Waals surface area contributed by atoms with Crippen molar-refractivity contribution in [2.75, 3.05) is 57.6 Å². The molecule has 0 aliphatic carbocycles. The molecule has 2 aliphatic heterocycles. The second-order valence-electron chi connectivity index (χ2n) is 35.9. The summed E-state index contributed by atoms with van der Waals surface area (Å²) in [5.74, 6) is 7.90. The summed E-state index contributed by atoms with van der Waals surface area (Å²) in [6.45, 7) is 45.9. The number of nitrogens with one attached hydrogen (secondary N) is 3. The normalized spacial score (nSPS) is 20.6. The number of carbonyl (C=O) groups is 3. The van der Waals surface area contributed by atoms with Crippen LogP contribution in [0.2, 0.25) is 0 Å². The maximum Gasteiger partial charge on any atom is 0.229 e. The van der Waals surface area contributed by atoms with Gasteiger partial charge in [-0.15, -0.1) is 0 Å². The largest absolute Gasteiger partial charge is 0.462 e. The van der Waals surface area contributed by atoms with Gasteiger partial charge in [0, 0.05) is 38.5 Å². The number of hydrogen-bond donors (Lipinski definition) is 14. The predicted octanol–water partition coefficient (Wildman–Crippen LogP) is 14.2. The van der Waals surface area contributed by atoms with Gasteiger partial charge in [-0.2, -0.15) is 0 Å². The minimum atomic E-state index is -3.10. The van der Waals surface area contributed by atoms with Crippen LogP contribution in [0, 0.1) is 46.8 Å². The molecule has 0 spiro atoms. The molecule has 26 heteroatoms. The minimum absolute atomic E-state index is 0.0518. The van der Waals surface area contributed by atoms with Gasteiger partial charge < -0.3 is 85.2 Å². The molecule has 2 heterocycles. The van der Waals surface area contributed by atoms with Gasteiger partial charge in [0.25, 0.3) is 0 Å². The third-order valence-electron chi connectivity index (χ3n) is 20.2. The van der Waals surface area contributed by atoms with Gasteiger partial charge in [0.15, 0.2) is 17.9 Å². The monoisotopic (exact) mass is 1700 g/mol. The van der Waals surface area contributed by atoms with Crippen molar-refractivity contribution in [3.05, 3.63) is 29.8 Å². The molecule has 13 atom stereocenters. The zero-order valence-corrected chi connectivity index (χ0v) is 78.4. The van der Waals surface area contributed by atoms with Gasteiger partial charge in [-0.25, -0.2) is 17.3 Å². The van der Waals surface area contributed by atoms with E-state index in [2.05, 4.69) is 132 Å². The topological polar surface area (TPSA) is 398 Å².